The number of rotatable bonds is 10. The van der Waals surface area contributed by atoms with Crippen molar-refractivity contribution in [3.63, 3.8) is 0 Å². The third-order valence-electron chi connectivity index (χ3n) is 3.37. The van der Waals surface area contributed by atoms with E-state index in [-0.39, 0.29) is 25.3 Å². The summed E-state index contributed by atoms with van der Waals surface area (Å²) in [5, 5.41) is 19.9. The number of aromatic hydroxyl groups is 1. The van der Waals surface area contributed by atoms with E-state index in [9.17, 15) is 19.9 Å². The number of carbonyl (C=O) groups is 2. The van der Waals surface area contributed by atoms with Crippen molar-refractivity contribution in [1.29, 1.82) is 0 Å². The number of nitrogens with zero attached hydrogens (tertiary/aromatic N) is 1. The van der Waals surface area contributed by atoms with Gasteiger partial charge in [0.05, 0.1) is 20.1 Å². The number of hydrogen-bond acceptors (Lipinski definition) is 8. The molecule has 0 aliphatic rings. The number of phenolic OH excluding ortho intramolecular Hbond substituents is 1. The number of hydroxylamine groups is 2. The number of thioether (sulfide) groups is 1. The van der Waals surface area contributed by atoms with Gasteiger partial charge in [-0.1, -0.05) is 6.07 Å². The maximum atomic E-state index is 11.9. The van der Waals surface area contributed by atoms with Gasteiger partial charge in [-0.3, -0.25) is 14.8 Å². The zero-order chi connectivity index (χ0) is 18.8. The number of nitrogens with two attached hydrogens (primary N) is 1. The van der Waals surface area contributed by atoms with Crippen molar-refractivity contribution < 1.29 is 29.4 Å². The lowest BCUT2D eigenvalue weighted by Crippen LogP contribution is -2.36. The van der Waals surface area contributed by atoms with E-state index in [0.717, 1.165) is 5.75 Å². The molecule has 0 saturated heterocycles. The average molecular weight is 372 g/mol. The summed E-state index contributed by atoms with van der Waals surface area (Å²) in [6.07, 6.45) is 2.30. The molecule has 0 aliphatic heterocycles. The average Bonchev–Trinajstić information content (AvgIpc) is 2.59. The Hall–Kier alpha value is -1.97. The maximum absolute atomic E-state index is 11.9. The fourth-order valence-corrected chi connectivity index (χ4v) is 2.43. The van der Waals surface area contributed by atoms with Crippen LogP contribution in [0.15, 0.2) is 18.2 Å². The predicted octanol–water partition coefficient (Wildman–Crippen LogP) is 0.785. The Morgan fingerprint density at radius 3 is 2.72 bits per heavy atom. The number of methoxy groups -OCH3 is 1. The Bertz CT molecular complexity index is 584. The van der Waals surface area contributed by atoms with E-state index >= 15 is 0 Å². The molecule has 1 rings (SSSR count). The van der Waals surface area contributed by atoms with Crippen molar-refractivity contribution in [3.8, 4) is 11.5 Å². The third kappa shape index (κ3) is 7.20. The van der Waals surface area contributed by atoms with Gasteiger partial charge in [-0.25, -0.2) is 5.06 Å². The summed E-state index contributed by atoms with van der Waals surface area (Å²) in [5.41, 5.74) is 6.17. The zero-order valence-corrected chi connectivity index (χ0v) is 15.1. The lowest BCUT2D eigenvalue weighted by atomic mass is 10.1. The van der Waals surface area contributed by atoms with Gasteiger partial charge in [-0.05, 0) is 36.1 Å². The molecule has 0 bridgehead atoms. The Morgan fingerprint density at radius 2 is 2.12 bits per heavy atom. The monoisotopic (exact) mass is 372 g/mol. The molecule has 0 radical (unpaired) electrons. The molecule has 1 atom stereocenters. The first-order valence-electron chi connectivity index (χ1n) is 7.65. The molecule has 1 aromatic carbocycles. The van der Waals surface area contributed by atoms with Gasteiger partial charge in [-0.2, -0.15) is 11.8 Å². The normalized spacial score (nSPS) is 11.7. The van der Waals surface area contributed by atoms with Crippen LogP contribution in [0.25, 0.3) is 0 Å². The van der Waals surface area contributed by atoms with E-state index in [1.54, 1.807) is 17.8 Å². The summed E-state index contributed by atoms with van der Waals surface area (Å²) < 4.78 is 9.85. The second-order valence-electron chi connectivity index (χ2n) is 5.26. The van der Waals surface area contributed by atoms with Crippen molar-refractivity contribution in [2.75, 3.05) is 32.3 Å². The molecule has 0 aliphatic carbocycles. The van der Waals surface area contributed by atoms with Crippen molar-refractivity contribution >= 4 is 23.6 Å². The lowest BCUT2D eigenvalue weighted by Gasteiger charge is -2.16. The van der Waals surface area contributed by atoms with E-state index in [4.69, 9.17) is 15.2 Å². The summed E-state index contributed by atoms with van der Waals surface area (Å²) in [5.74, 6) is -0.204. The highest BCUT2D eigenvalue weighted by atomic mass is 32.2. The molecule has 0 aromatic heterocycles. The summed E-state index contributed by atoms with van der Waals surface area (Å²) in [6, 6.07) is 3.81. The summed E-state index contributed by atoms with van der Waals surface area (Å²) in [6.45, 7) is -0.316. The second-order valence-corrected chi connectivity index (χ2v) is 6.24. The Balaban J connectivity index is 2.39. The molecule has 140 valence electrons. The summed E-state index contributed by atoms with van der Waals surface area (Å²) >= 11 is 1.58. The standard InChI is InChI=1S/C16H24N2O6S/c1-23-14-4-3-11(9-13(14)19)10-15(20)18(22)6-7-24-16(21)12(17)5-8-25-2/h3-4,9,12,19,22H,5-8,10,17H2,1-2H3/t12-/m0/s1. The first-order valence-corrected chi connectivity index (χ1v) is 9.04. The highest BCUT2D eigenvalue weighted by molar-refractivity contribution is 7.98. The minimum Gasteiger partial charge on any atom is -0.504 e. The third-order valence-corrected chi connectivity index (χ3v) is 4.01. The Kier molecular flexibility index (Phi) is 9.11. The second kappa shape index (κ2) is 10.8. The molecule has 0 heterocycles. The molecule has 0 spiro atoms. The minimum absolute atomic E-state index is 0.0922. The number of amides is 1. The van der Waals surface area contributed by atoms with Crippen molar-refractivity contribution in [3.05, 3.63) is 23.8 Å². The molecule has 4 N–H and O–H groups in total. The maximum Gasteiger partial charge on any atom is 0.323 e. The fraction of sp³-hybridized carbons (Fsp3) is 0.500. The number of benzene rings is 1. The van der Waals surface area contributed by atoms with Gasteiger partial charge >= 0.3 is 5.97 Å². The van der Waals surface area contributed by atoms with Crippen LogP contribution in [0.2, 0.25) is 0 Å². The number of phenols is 1. The van der Waals surface area contributed by atoms with E-state index in [0.29, 0.717) is 22.8 Å². The summed E-state index contributed by atoms with van der Waals surface area (Å²) in [4.78, 5) is 23.5. The predicted molar refractivity (Wildman–Crippen MR) is 93.8 cm³/mol. The van der Waals surface area contributed by atoms with E-state index in [2.05, 4.69) is 0 Å². The zero-order valence-electron chi connectivity index (χ0n) is 14.3. The van der Waals surface area contributed by atoms with Crippen LogP contribution in [0.4, 0.5) is 0 Å². The molecule has 1 amide bonds. The smallest absolute Gasteiger partial charge is 0.323 e. The molecule has 0 saturated carbocycles. The molecule has 1 aromatic rings. The van der Waals surface area contributed by atoms with E-state index in [1.165, 1.54) is 19.2 Å². The van der Waals surface area contributed by atoms with Crippen LogP contribution < -0.4 is 10.5 Å². The quantitative estimate of drug-likeness (QED) is 0.313. The molecule has 25 heavy (non-hydrogen) atoms. The SMILES string of the molecule is COc1ccc(CC(=O)N(O)CCOC(=O)[C@@H](N)CCSC)cc1O. The highest BCUT2D eigenvalue weighted by Gasteiger charge is 2.17. The molecule has 8 nitrogen and oxygen atoms in total. The molecule has 0 fully saturated rings. The topological polar surface area (TPSA) is 122 Å². The largest absolute Gasteiger partial charge is 0.504 e. The van der Waals surface area contributed by atoms with Gasteiger partial charge in [0.15, 0.2) is 11.5 Å². The molecular weight excluding hydrogens is 348 g/mol. The van der Waals surface area contributed by atoms with Gasteiger partial charge in [0, 0.05) is 0 Å². The number of esters is 1. The van der Waals surface area contributed by atoms with Crippen molar-refractivity contribution in [1.82, 2.24) is 5.06 Å². The van der Waals surface area contributed by atoms with Crippen LogP contribution in [-0.4, -0.2) is 65.6 Å². The first-order chi connectivity index (χ1) is 11.9. The fourth-order valence-electron chi connectivity index (χ4n) is 1.94. The van der Waals surface area contributed by atoms with Crippen LogP contribution in [0.3, 0.4) is 0 Å². The molecule has 9 heteroatoms. The van der Waals surface area contributed by atoms with Gasteiger partial charge in [-0.15, -0.1) is 0 Å². The minimum atomic E-state index is -0.711. The van der Waals surface area contributed by atoms with Gasteiger partial charge < -0.3 is 20.3 Å². The highest BCUT2D eigenvalue weighted by Crippen LogP contribution is 2.26. The number of hydrogen-bond donors (Lipinski definition) is 3. The van der Waals surface area contributed by atoms with Crippen molar-refractivity contribution in [2.45, 2.75) is 18.9 Å². The van der Waals surface area contributed by atoms with Gasteiger partial charge in [0.25, 0.3) is 0 Å². The van der Waals surface area contributed by atoms with Crippen LogP contribution in [0.1, 0.15) is 12.0 Å². The first kappa shape index (κ1) is 21.1. The van der Waals surface area contributed by atoms with Crippen LogP contribution >= 0.6 is 11.8 Å². The molecular formula is C16H24N2O6S. The lowest BCUT2D eigenvalue weighted by molar-refractivity contribution is -0.170. The van der Waals surface area contributed by atoms with Crippen LogP contribution in [0, 0.1) is 0 Å². The Morgan fingerprint density at radius 1 is 1.40 bits per heavy atom. The van der Waals surface area contributed by atoms with Crippen LogP contribution in [-0.2, 0) is 20.7 Å². The van der Waals surface area contributed by atoms with E-state index < -0.39 is 17.9 Å². The van der Waals surface area contributed by atoms with Crippen LogP contribution in [0.5, 0.6) is 11.5 Å². The number of ether oxygens (including phenoxy) is 2. The number of carbonyl (C=O) groups excluding carboxylic acids is 2. The molecule has 0 unspecified atom stereocenters. The van der Waals surface area contributed by atoms with E-state index in [1.807, 2.05) is 6.26 Å². The van der Waals surface area contributed by atoms with Gasteiger partial charge in [0.1, 0.15) is 12.6 Å². The van der Waals surface area contributed by atoms with Gasteiger partial charge in [0.2, 0.25) is 5.91 Å². The Labute approximate surface area is 150 Å². The van der Waals surface area contributed by atoms with Crippen molar-refractivity contribution in [2.24, 2.45) is 5.73 Å². The summed E-state index contributed by atoms with van der Waals surface area (Å²) in [7, 11) is 1.42.